The number of hydrogen-bond acceptors (Lipinski definition) is 3. The lowest BCUT2D eigenvalue weighted by atomic mass is 10.1. The number of benzene rings is 2. The topological polar surface area (TPSA) is 66.0 Å². The summed E-state index contributed by atoms with van der Waals surface area (Å²) in [5.41, 5.74) is 3.61. The van der Waals surface area contributed by atoms with Crippen molar-refractivity contribution < 1.29 is 9.53 Å². The van der Waals surface area contributed by atoms with E-state index in [-0.39, 0.29) is 5.91 Å². The highest BCUT2D eigenvalue weighted by Gasteiger charge is 2.29. The first kappa shape index (κ1) is 21.8. The number of guanidine groups is 1. The molecule has 1 saturated heterocycles. The predicted octanol–water partition coefficient (Wildman–Crippen LogP) is 2.59. The van der Waals surface area contributed by atoms with E-state index in [0.29, 0.717) is 25.5 Å². The molecule has 6 heteroatoms. The first-order valence-corrected chi connectivity index (χ1v) is 10.5. The Labute approximate surface area is 179 Å². The van der Waals surface area contributed by atoms with Gasteiger partial charge in [0.25, 0.3) is 0 Å². The van der Waals surface area contributed by atoms with Crippen LogP contribution in [0.5, 0.6) is 0 Å². The minimum Gasteiger partial charge on any atom is -0.380 e. The van der Waals surface area contributed by atoms with E-state index in [4.69, 9.17) is 4.74 Å². The number of carbonyl (C=O) groups is 1. The van der Waals surface area contributed by atoms with Crippen LogP contribution in [0.25, 0.3) is 0 Å². The Hall–Kier alpha value is -2.86. The highest BCUT2D eigenvalue weighted by Crippen LogP contribution is 2.17. The summed E-state index contributed by atoms with van der Waals surface area (Å²) in [6, 6.07) is 18.7. The summed E-state index contributed by atoms with van der Waals surface area (Å²) in [5, 5.41) is 6.71. The Morgan fingerprint density at radius 3 is 2.50 bits per heavy atom. The molecule has 1 aliphatic rings. The molecule has 0 aromatic heterocycles. The maximum Gasteiger partial charge on any atom is 0.223 e. The molecule has 1 unspecified atom stereocenters. The molecule has 0 bridgehead atoms. The predicted molar refractivity (Wildman–Crippen MR) is 120 cm³/mol. The zero-order chi connectivity index (χ0) is 21.2. The van der Waals surface area contributed by atoms with Crippen molar-refractivity contribution in [3.63, 3.8) is 0 Å². The minimum atomic E-state index is 0.247. The van der Waals surface area contributed by atoms with Gasteiger partial charge in [0.2, 0.25) is 5.91 Å². The molecule has 0 radical (unpaired) electrons. The van der Waals surface area contributed by atoms with Crippen LogP contribution in [-0.2, 0) is 29.1 Å². The van der Waals surface area contributed by atoms with Crippen molar-refractivity contribution in [1.29, 1.82) is 0 Å². The second-order valence-corrected chi connectivity index (χ2v) is 7.70. The fraction of sp³-hybridized carbons (Fsp3) is 0.417. The average Bonchev–Trinajstić information content (AvgIpc) is 3.14. The van der Waals surface area contributed by atoms with E-state index in [1.165, 1.54) is 11.1 Å². The zero-order valence-corrected chi connectivity index (χ0v) is 17.9. The first-order chi connectivity index (χ1) is 14.7. The Morgan fingerprint density at radius 2 is 1.80 bits per heavy atom. The first-order valence-electron chi connectivity index (χ1n) is 10.5. The largest absolute Gasteiger partial charge is 0.380 e. The number of hydrogen-bond donors (Lipinski definition) is 2. The molecule has 30 heavy (non-hydrogen) atoms. The molecular weight excluding hydrogens is 376 g/mol. The van der Waals surface area contributed by atoms with Crippen molar-refractivity contribution >= 4 is 11.9 Å². The number of ether oxygens (including phenoxy) is 1. The molecule has 0 aliphatic carbocycles. The van der Waals surface area contributed by atoms with Gasteiger partial charge >= 0.3 is 0 Å². The van der Waals surface area contributed by atoms with Crippen LogP contribution in [-0.4, -0.2) is 50.6 Å². The molecule has 160 valence electrons. The van der Waals surface area contributed by atoms with Crippen molar-refractivity contribution in [3.05, 3.63) is 71.3 Å². The molecule has 0 saturated carbocycles. The third-order valence-electron chi connectivity index (χ3n) is 5.38. The van der Waals surface area contributed by atoms with Gasteiger partial charge in [0, 0.05) is 52.7 Å². The normalized spacial score (nSPS) is 16.7. The number of nitrogens with zero attached hydrogens (tertiary/aromatic N) is 2. The molecule has 2 aromatic carbocycles. The van der Waals surface area contributed by atoms with Gasteiger partial charge in [0.05, 0.1) is 6.61 Å². The fourth-order valence-corrected chi connectivity index (χ4v) is 3.68. The number of methoxy groups -OCH3 is 1. The maximum atomic E-state index is 12.3. The Bertz CT molecular complexity index is 821. The lowest BCUT2D eigenvalue weighted by molar-refractivity contribution is -0.127. The van der Waals surface area contributed by atoms with Crippen LogP contribution in [0.2, 0.25) is 0 Å². The molecular formula is C24H32N4O2. The van der Waals surface area contributed by atoms with Gasteiger partial charge in [-0.25, -0.2) is 0 Å². The van der Waals surface area contributed by atoms with E-state index in [2.05, 4.69) is 52.0 Å². The van der Waals surface area contributed by atoms with Crippen molar-refractivity contribution in [2.24, 2.45) is 10.9 Å². The van der Waals surface area contributed by atoms with Crippen LogP contribution in [0.3, 0.4) is 0 Å². The van der Waals surface area contributed by atoms with Gasteiger partial charge in [0.15, 0.2) is 5.96 Å². The molecule has 2 aromatic rings. The van der Waals surface area contributed by atoms with E-state index in [1.807, 2.05) is 23.1 Å². The molecule has 1 aliphatic heterocycles. The third kappa shape index (κ3) is 6.59. The number of likely N-dealkylation sites (tertiary alicyclic amines) is 1. The summed E-state index contributed by atoms with van der Waals surface area (Å²) in [6.45, 7) is 3.64. The maximum absolute atomic E-state index is 12.3. The van der Waals surface area contributed by atoms with E-state index in [1.54, 1.807) is 14.2 Å². The van der Waals surface area contributed by atoms with E-state index in [0.717, 1.165) is 37.6 Å². The summed E-state index contributed by atoms with van der Waals surface area (Å²) in [4.78, 5) is 18.6. The Morgan fingerprint density at radius 1 is 1.07 bits per heavy atom. The van der Waals surface area contributed by atoms with E-state index in [9.17, 15) is 4.79 Å². The molecule has 1 atom stereocenters. The van der Waals surface area contributed by atoms with Crippen LogP contribution in [0, 0.1) is 5.92 Å². The van der Waals surface area contributed by atoms with Gasteiger partial charge in [-0.15, -0.1) is 0 Å². The van der Waals surface area contributed by atoms with Crippen LogP contribution < -0.4 is 10.6 Å². The molecule has 3 rings (SSSR count). The summed E-state index contributed by atoms with van der Waals surface area (Å²) in [6.07, 6.45) is 1.50. The Kier molecular flexibility index (Phi) is 8.27. The van der Waals surface area contributed by atoms with Crippen LogP contribution >= 0.6 is 0 Å². The molecule has 6 nitrogen and oxygen atoms in total. The SMILES string of the molecule is CN=C(NCc1ccc(COC)cc1)NCC1CC(=O)N(CCc2ccccc2)C1. The van der Waals surface area contributed by atoms with E-state index >= 15 is 0 Å². The van der Waals surface area contributed by atoms with Crippen LogP contribution in [0.4, 0.5) is 0 Å². The van der Waals surface area contributed by atoms with Gasteiger partial charge in [-0.2, -0.15) is 0 Å². The Balaban J connectivity index is 1.39. The quantitative estimate of drug-likeness (QED) is 0.494. The summed E-state index contributed by atoms with van der Waals surface area (Å²) >= 11 is 0. The second-order valence-electron chi connectivity index (χ2n) is 7.70. The van der Waals surface area contributed by atoms with Gasteiger partial charge in [-0.1, -0.05) is 54.6 Å². The van der Waals surface area contributed by atoms with Gasteiger partial charge in [-0.3, -0.25) is 9.79 Å². The van der Waals surface area contributed by atoms with E-state index < -0.39 is 0 Å². The lowest BCUT2D eigenvalue weighted by Crippen LogP contribution is -2.40. The number of aliphatic imine (C=N–C) groups is 1. The minimum absolute atomic E-state index is 0.247. The zero-order valence-electron chi connectivity index (χ0n) is 17.9. The average molecular weight is 409 g/mol. The van der Waals surface area contributed by atoms with Crippen molar-refractivity contribution in [2.75, 3.05) is 33.8 Å². The summed E-state index contributed by atoms with van der Waals surface area (Å²) in [5.74, 6) is 1.31. The fourth-order valence-electron chi connectivity index (χ4n) is 3.68. The molecule has 0 spiro atoms. The van der Waals surface area contributed by atoms with Crippen LogP contribution in [0.15, 0.2) is 59.6 Å². The molecule has 1 amide bonds. The number of carbonyl (C=O) groups excluding carboxylic acids is 1. The number of amides is 1. The van der Waals surface area contributed by atoms with Crippen LogP contribution in [0.1, 0.15) is 23.1 Å². The highest BCUT2D eigenvalue weighted by molar-refractivity contribution is 5.80. The summed E-state index contributed by atoms with van der Waals surface area (Å²) < 4.78 is 5.14. The standard InChI is InChI=1S/C24H32N4O2/c1-25-24(26-15-20-8-10-21(11-9-20)18-30-2)27-16-22-14-23(29)28(17-22)13-12-19-6-4-3-5-7-19/h3-11,22H,12-18H2,1-2H3,(H2,25,26,27). The number of nitrogens with one attached hydrogen (secondary N) is 2. The molecule has 1 heterocycles. The molecule has 1 fully saturated rings. The second kappa shape index (κ2) is 11.4. The smallest absolute Gasteiger partial charge is 0.223 e. The van der Waals surface area contributed by atoms with Crippen molar-refractivity contribution in [1.82, 2.24) is 15.5 Å². The summed E-state index contributed by atoms with van der Waals surface area (Å²) in [7, 11) is 3.47. The van der Waals surface area contributed by atoms with Gasteiger partial charge in [-0.05, 0) is 23.1 Å². The van der Waals surface area contributed by atoms with Gasteiger partial charge < -0.3 is 20.3 Å². The lowest BCUT2D eigenvalue weighted by Gasteiger charge is -2.18. The monoisotopic (exact) mass is 408 g/mol. The third-order valence-corrected chi connectivity index (χ3v) is 5.38. The molecule has 2 N–H and O–H groups in total. The highest BCUT2D eigenvalue weighted by atomic mass is 16.5. The van der Waals surface area contributed by atoms with Gasteiger partial charge in [0.1, 0.15) is 0 Å². The van der Waals surface area contributed by atoms with Crippen molar-refractivity contribution in [3.8, 4) is 0 Å². The number of rotatable bonds is 9. The van der Waals surface area contributed by atoms with Crippen molar-refractivity contribution in [2.45, 2.75) is 26.0 Å².